The highest BCUT2D eigenvalue weighted by Gasteiger charge is 2.29. The first-order valence-electron chi connectivity index (χ1n) is 7.80. The molecule has 1 aliphatic rings. The maximum Gasteiger partial charge on any atom is 0.410 e. The van der Waals surface area contributed by atoms with Crippen molar-refractivity contribution < 1.29 is 9.53 Å². The molecule has 1 saturated heterocycles. The third-order valence-electron chi connectivity index (χ3n) is 3.98. The molecule has 0 radical (unpaired) electrons. The van der Waals surface area contributed by atoms with Gasteiger partial charge < -0.3 is 9.64 Å². The number of hydrogen-bond donors (Lipinski definition) is 0. The lowest BCUT2D eigenvalue weighted by molar-refractivity contribution is 0.0298. The number of pyridine rings is 1. The van der Waals surface area contributed by atoms with Crippen LogP contribution in [0.4, 0.5) is 4.79 Å². The minimum absolute atomic E-state index is 0.0244. The van der Waals surface area contributed by atoms with Gasteiger partial charge in [0.25, 0.3) is 0 Å². The molecule has 2 atom stereocenters. The minimum Gasteiger partial charge on any atom is -0.446 e. The third kappa shape index (κ3) is 4.68. The fraction of sp³-hybridized carbons (Fsp3) is 0.625. The summed E-state index contributed by atoms with van der Waals surface area (Å²) in [7, 11) is 0. The van der Waals surface area contributed by atoms with E-state index in [2.05, 4.69) is 32.7 Å². The van der Waals surface area contributed by atoms with Gasteiger partial charge in [0, 0.05) is 32.2 Å². The molecule has 122 valence electrons. The minimum atomic E-state index is -0.193. The van der Waals surface area contributed by atoms with Gasteiger partial charge in [-0.05, 0) is 48.3 Å². The average molecular weight is 370 g/mol. The molecular formula is C16H24BrN3O2. The number of carbonyl (C=O) groups excluding carboxylic acids is 1. The van der Waals surface area contributed by atoms with Crippen molar-refractivity contribution in [2.75, 3.05) is 19.6 Å². The Morgan fingerprint density at radius 1 is 1.50 bits per heavy atom. The van der Waals surface area contributed by atoms with Crippen LogP contribution in [0.2, 0.25) is 0 Å². The number of ether oxygens (including phenoxy) is 1. The fourth-order valence-electron chi connectivity index (χ4n) is 2.54. The van der Waals surface area contributed by atoms with Crippen molar-refractivity contribution in [1.29, 1.82) is 0 Å². The zero-order valence-corrected chi connectivity index (χ0v) is 15.0. The second-order valence-electron chi connectivity index (χ2n) is 5.83. The van der Waals surface area contributed by atoms with Crippen molar-refractivity contribution in [3.05, 3.63) is 28.5 Å². The molecule has 1 aliphatic heterocycles. The molecule has 1 aromatic rings. The monoisotopic (exact) mass is 369 g/mol. The second kappa shape index (κ2) is 7.92. The molecular weight excluding hydrogens is 346 g/mol. The molecule has 1 fully saturated rings. The first-order valence-corrected chi connectivity index (χ1v) is 8.60. The number of rotatable bonds is 4. The average Bonchev–Trinajstić information content (AvgIpc) is 2.47. The van der Waals surface area contributed by atoms with Crippen molar-refractivity contribution in [1.82, 2.24) is 14.8 Å². The van der Waals surface area contributed by atoms with Gasteiger partial charge in [-0.25, -0.2) is 9.78 Å². The Balaban J connectivity index is 1.88. The Hall–Kier alpha value is -1.14. The number of amides is 1. The topological polar surface area (TPSA) is 45.7 Å². The Morgan fingerprint density at radius 2 is 2.27 bits per heavy atom. The predicted molar refractivity (Wildman–Crippen MR) is 89.6 cm³/mol. The van der Waals surface area contributed by atoms with Crippen LogP contribution in [0.1, 0.15) is 32.9 Å². The van der Waals surface area contributed by atoms with Crippen LogP contribution >= 0.6 is 15.9 Å². The summed E-state index contributed by atoms with van der Waals surface area (Å²) in [6.07, 6.45) is 0.625. The first-order chi connectivity index (χ1) is 10.5. The van der Waals surface area contributed by atoms with Crippen LogP contribution < -0.4 is 0 Å². The van der Waals surface area contributed by atoms with Crippen LogP contribution in [0.3, 0.4) is 0 Å². The number of nitrogens with zero attached hydrogens (tertiary/aromatic N) is 3. The molecule has 0 saturated carbocycles. The number of aromatic nitrogens is 1. The molecule has 1 aromatic heterocycles. The maximum atomic E-state index is 12.2. The van der Waals surface area contributed by atoms with Crippen molar-refractivity contribution >= 4 is 22.0 Å². The smallest absolute Gasteiger partial charge is 0.410 e. The number of carbonyl (C=O) groups is 1. The summed E-state index contributed by atoms with van der Waals surface area (Å²) < 4.78 is 6.28. The Bertz CT molecular complexity index is 512. The van der Waals surface area contributed by atoms with Crippen molar-refractivity contribution in [3.63, 3.8) is 0 Å². The van der Waals surface area contributed by atoms with Crippen LogP contribution in [-0.4, -0.2) is 52.7 Å². The zero-order valence-electron chi connectivity index (χ0n) is 13.5. The summed E-state index contributed by atoms with van der Waals surface area (Å²) in [6, 6.07) is 6.10. The molecule has 1 amide bonds. The maximum absolute atomic E-state index is 12.2. The van der Waals surface area contributed by atoms with E-state index in [-0.39, 0.29) is 18.2 Å². The summed E-state index contributed by atoms with van der Waals surface area (Å²) in [4.78, 5) is 20.8. The lowest BCUT2D eigenvalue weighted by atomic mass is 10.2. The highest BCUT2D eigenvalue weighted by Crippen LogP contribution is 2.15. The molecule has 2 heterocycles. The Kier molecular flexibility index (Phi) is 6.20. The van der Waals surface area contributed by atoms with Gasteiger partial charge in [-0.3, -0.25) is 4.90 Å². The van der Waals surface area contributed by atoms with Gasteiger partial charge in [-0.15, -0.1) is 0 Å². The number of halogens is 1. The van der Waals surface area contributed by atoms with Gasteiger partial charge in [0.2, 0.25) is 0 Å². The molecule has 1 unspecified atom stereocenters. The van der Waals surface area contributed by atoms with Gasteiger partial charge in [0.1, 0.15) is 10.7 Å². The summed E-state index contributed by atoms with van der Waals surface area (Å²) >= 11 is 3.40. The summed E-state index contributed by atoms with van der Waals surface area (Å²) in [5.74, 6) is 0. The van der Waals surface area contributed by atoms with Crippen LogP contribution in [-0.2, 0) is 11.3 Å². The molecule has 0 aliphatic carbocycles. The molecule has 5 nitrogen and oxygen atoms in total. The third-order valence-corrected chi connectivity index (χ3v) is 4.42. The van der Waals surface area contributed by atoms with E-state index in [4.69, 9.17) is 4.74 Å². The summed E-state index contributed by atoms with van der Waals surface area (Å²) in [6.45, 7) is 9.20. The molecule has 0 N–H and O–H groups in total. The van der Waals surface area contributed by atoms with Crippen molar-refractivity contribution in [3.8, 4) is 0 Å². The summed E-state index contributed by atoms with van der Waals surface area (Å²) in [5.41, 5.74) is 1.04. The van der Waals surface area contributed by atoms with E-state index in [0.717, 1.165) is 36.4 Å². The molecule has 0 aromatic carbocycles. The van der Waals surface area contributed by atoms with Crippen molar-refractivity contribution in [2.24, 2.45) is 0 Å². The van der Waals surface area contributed by atoms with Gasteiger partial charge in [0.05, 0.1) is 5.69 Å². The van der Waals surface area contributed by atoms with Crippen LogP contribution in [0.15, 0.2) is 22.8 Å². The van der Waals surface area contributed by atoms with Gasteiger partial charge in [0.15, 0.2) is 0 Å². The normalized spacial score (nSPS) is 20.7. The number of piperazine rings is 1. The van der Waals surface area contributed by atoms with E-state index in [1.807, 2.05) is 36.9 Å². The lowest BCUT2D eigenvalue weighted by Crippen LogP contribution is -2.54. The Morgan fingerprint density at radius 3 is 2.91 bits per heavy atom. The SMILES string of the molecule is CCC(C)OC(=O)N1CCN(Cc2cccc(Br)n2)C[C@@H]1C. The Labute approximate surface area is 140 Å². The largest absolute Gasteiger partial charge is 0.446 e. The quantitative estimate of drug-likeness (QED) is 0.763. The molecule has 22 heavy (non-hydrogen) atoms. The lowest BCUT2D eigenvalue weighted by Gasteiger charge is -2.39. The molecule has 2 rings (SSSR count). The van der Waals surface area contributed by atoms with Crippen LogP contribution in [0.5, 0.6) is 0 Å². The van der Waals surface area contributed by atoms with E-state index in [0.29, 0.717) is 6.54 Å². The van der Waals surface area contributed by atoms with Gasteiger partial charge in [-0.1, -0.05) is 13.0 Å². The molecule has 0 bridgehead atoms. The van der Waals surface area contributed by atoms with Crippen LogP contribution in [0, 0.1) is 0 Å². The fourth-order valence-corrected chi connectivity index (χ4v) is 2.92. The van der Waals surface area contributed by atoms with E-state index < -0.39 is 0 Å². The highest BCUT2D eigenvalue weighted by molar-refractivity contribution is 9.10. The molecule has 6 heteroatoms. The number of hydrogen-bond acceptors (Lipinski definition) is 4. The van der Waals surface area contributed by atoms with Crippen molar-refractivity contribution in [2.45, 2.75) is 45.9 Å². The highest BCUT2D eigenvalue weighted by atomic mass is 79.9. The first kappa shape index (κ1) is 17.2. The van der Waals surface area contributed by atoms with E-state index >= 15 is 0 Å². The molecule has 0 spiro atoms. The van der Waals surface area contributed by atoms with E-state index in [1.165, 1.54) is 0 Å². The van der Waals surface area contributed by atoms with Crippen LogP contribution in [0.25, 0.3) is 0 Å². The second-order valence-corrected chi connectivity index (χ2v) is 6.64. The predicted octanol–water partition coefficient (Wildman–Crippen LogP) is 3.29. The van der Waals surface area contributed by atoms with Gasteiger partial charge in [-0.2, -0.15) is 0 Å². The van der Waals surface area contributed by atoms with E-state index in [9.17, 15) is 4.79 Å². The van der Waals surface area contributed by atoms with E-state index in [1.54, 1.807) is 0 Å². The standard InChI is InChI=1S/C16H24BrN3O2/c1-4-13(3)22-16(21)20-9-8-19(10-12(20)2)11-14-6-5-7-15(17)18-14/h5-7,12-13H,4,8-11H2,1-3H3/t12-,13?/m0/s1. The summed E-state index contributed by atoms with van der Waals surface area (Å²) in [5, 5.41) is 0. The van der Waals surface area contributed by atoms with Gasteiger partial charge >= 0.3 is 6.09 Å². The zero-order chi connectivity index (χ0) is 16.1.